The lowest BCUT2D eigenvalue weighted by Crippen LogP contribution is -2.33. The number of ether oxygens (including phenoxy) is 1. The van der Waals surface area contributed by atoms with Crippen molar-refractivity contribution in [1.82, 2.24) is 0 Å². The van der Waals surface area contributed by atoms with Crippen molar-refractivity contribution in [2.24, 2.45) is 0 Å². The summed E-state index contributed by atoms with van der Waals surface area (Å²) in [7, 11) is -5.79. The summed E-state index contributed by atoms with van der Waals surface area (Å²) in [6, 6.07) is 9.58. The second-order valence-corrected chi connectivity index (χ2v) is 8.62. The Kier molecular flexibility index (Phi) is 4.60. The molecule has 1 heterocycles. The van der Waals surface area contributed by atoms with E-state index < -0.39 is 32.8 Å². The van der Waals surface area contributed by atoms with E-state index in [2.05, 4.69) is 4.18 Å². The summed E-state index contributed by atoms with van der Waals surface area (Å²) in [5, 5.41) is 0. The van der Waals surface area contributed by atoms with Crippen LogP contribution in [0, 0.1) is 5.82 Å². The van der Waals surface area contributed by atoms with Gasteiger partial charge in [0.25, 0.3) is 0 Å². The molecule has 2 aromatic carbocycles. The first-order valence-corrected chi connectivity index (χ1v) is 10.3. The van der Waals surface area contributed by atoms with Crippen LogP contribution in [0.3, 0.4) is 0 Å². The fourth-order valence-corrected chi connectivity index (χ4v) is 4.16. The zero-order valence-corrected chi connectivity index (χ0v) is 15.8. The lowest BCUT2D eigenvalue weighted by Gasteiger charge is -2.34. The Morgan fingerprint density at radius 3 is 2.28 bits per heavy atom. The Labute approximate surface area is 164 Å². The first-order valence-electron chi connectivity index (χ1n) is 8.92. The van der Waals surface area contributed by atoms with Crippen molar-refractivity contribution in [3.05, 3.63) is 65.5 Å². The second-order valence-electron chi connectivity index (χ2n) is 7.08. The van der Waals surface area contributed by atoms with Gasteiger partial charge in [-0.2, -0.15) is 21.6 Å². The monoisotopic (exact) mass is 428 g/mol. The zero-order valence-electron chi connectivity index (χ0n) is 15.0. The number of hydrogen-bond acceptors (Lipinski definition) is 4. The molecule has 9 heteroatoms. The SMILES string of the molecule is O=S(=O)(Oc1ccc2c(c1)OC1(C=C2c2ccc(F)cc2)CCCC1)C(F)(F)F. The summed E-state index contributed by atoms with van der Waals surface area (Å²) in [5.74, 6) is -0.656. The van der Waals surface area contributed by atoms with Gasteiger partial charge < -0.3 is 8.92 Å². The molecule has 1 saturated carbocycles. The first-order chi connectivity index (χ1) is 13.6. The molecule has 1 aliphatic heterocycles. The third kappa shape index (κ3) is 3.71. The molecule has 0 saturated heterocycles. The van der Waals surface area contributed by atoms with Crippen LogP contribution in [0.25, 0.3) is 5.57 Å². The van der Waals surface area contributed by atoms with Crippen molar-refractivity contribution in [3.8, 4) is 11.5 Å². The molecule has 0 atom stereocenters. The van der Waals surface area contributed by atoms with Crippen LogP contribution < -0.4 is 8.92 Å². The lowest BCUT2D eigenvalue weighted by molar-refractivity contribution is -0.0500. The highest BCUT2D eigenvalue weighted by Gasteiger charge is 2.48. The van der Waals surface area contributed by atoms with Crippen molar-refractivity contribution in [1.29, 1.82) is 0 Å². The van der Waals surface area contributed by atoms with Crippen molar-refractivity contribution in [2.75, 3.05) is 0 Å². The molecule has 4 rings (SSSR count). The predicted molar refractivity (Wildman–Crippen MR) is 97.4 cm³/mol. The van der Waals surface area contributed by atoms with Crippen molar-refractivity contribution in [2.45, 2.75) is 36.8 Å². The molecule has 2 aliphatic rings. The highest BCUT2D eigenvalue weighted by Crippen LogP contribution is 2.47. The molecule has 29 heavy (non-hydrogen) atoms. The van der Waals surface area contributed by atoms with Crippen LogP contribution in [0.4, 0.5) is 17.6 Å². The Hall–Kier alpha value is -2.55. The highest BCUT2D eigenvalue weighted by molar-refractivity contribution is 7.88. The van der Waals surface area contributed by atoms with E-state index in [1.807, 2.05) is 6.08 Å². The van der Waals surface area contributed by atoms with Crippen LogP contribution in [-0.4, -0.2) is 19.5 Å². The molecule has 4 nitrogen and oxygen atoms in total. The molecule has 1 fully saturated rings. The molecule has 0 unspecified atom stereocenters. The largest absolute Gasteiger partial charge is 0.534 e. The minimum Gasteiger partial charge on any atom is -0.482 e. The second kappa shape index (κ2) is 6.76. The molecule has 0 aromatic heterocycles. The number of benzene rings is 2. The van der Waals surface area contributed by atoms with Gasteiger partial charge >= 0.3 is 15.6 Å². The van der Waals surface area contributed by atoms with Gasteiger partial charge in [0, 0.05) is 11.6 Å². The summed E-state index contributed by atoms with van der Waals surface area (Å²) in [6.45, 7) is 0. The van der Waals surface area contributed by atoms with Crippen LogP contribution in [0.1, 0.15) is 36.8 Å². The fraction of sp³-hybridized carbons (Fsp3) is 0.300. The van der Waals surface area contributed by atoms with Gasteiger partial charge in [-0.05, 0) is 67.2 Å². The van der Waals surface area contributed by atoms with Gasteiger partial charge in [-0.1, -0.05) is 12.1 Å². The number of hydrogen-bond donors (Lipinski definition) is 0. The van der Waals surface area contributed by atoms with E-state index in [9.17, 15) is 26.0 Å². The van der Waals surface area contributed by atoms with Crippen LogP contribution in [0.5, 0.6) is 11.5 Å². The van der Waals surface area contributed by atoms with Crippen LogP contribution in [0.15, 0.2) is 48.5 Å². The number of alkyl halides is 3. The molecule has 0 bridgehead atoms. The molecule has 1 aliphatic carbocycles. The Morgan fingerprint density at radius 2 is 1.66 bits per heavy atom. The van der Waals surface area contributed by atoms with Gasteiger partial charge in [0.1, 0.15) is 22.9 Å². The Bertz CT molecular complexity index is 1070. The number of rotatable bonds is 3. The Balaban J connectivity index is 1.77. The van der Waals surface area contributed by atoms with Gasteiger partial charge in [0.15, 0.2) is 0 Å². The number of fused-ring (bicyclic) bond motifs is 1. The molecule has 2 aromatic rings. The van der Waals surface area contributed by atoms with E-state index in [0.717, 1.165) is 36.1 Å². The zero-order chi connectivity index (χ0) is 20.9. The summed E-state index contributed by atoms with van der Waals surface area (Å²) in [6.07, 6.45) is 5.22. The van der Waals surface area contributed by atoms with E-state index >= 15 is 0 Å². The van der Waals surface area contributed by atoms with Crippen LogP contribution in [0.2, 0.25) is 0 Å². The maximum Gasteiger partial charge on any atom is 0.534 e. The summed E-state index contributed by atoms with van der Waals surface area (Å²) in [5.41, 5.74) is -4.14. The average Bonchev–Trinajstić information content (AvgIpc) is 3.08. The quantitative estimate of drug-likeness (QED) is 0.384. The van der Waals surface area contributed by atoms with Crippen molar-refractivity contribution in [3.63, 3.8) is 0 Å². The predicted octanol–water partition coefficient (Wildman–Crippen LogP) is 5.19. The molecule has 0 amide bonds. The first kappa shape index (κ1) is 19.8. The summed E-state index contributed by atoms with van der Waals surface area (Å²) >= 11 is 0. The Morgan fingerprint density at radius 1 is 1.00 bits per heavy atom. The number of halogens is 4. The maximum absolute atomic E-state index is 13.3. The van der Waals surface area contributed by atoms with Crippen molar-refractivity contribution >= 4 is 15.7 Å². The van der Waals surface area contributed by atoms with Gasteiger partial charge in [-0.3, -0.25) is 0 Å². The van der Waals surface area contributed by atoms with Gasteiger partial charge in [0.05, 0.1) is 0 Å². The van der Waals surface area contributed by atoms with E-state index in [1.165, 1.54) is 18.2 Å². The lowest BCUT2D eigenvalue weighted by atomic mass is 9.87. The molecule has 0 radical (unpaired) electrons. The molecule has 1 spiro atoms. The molecule has 154 valence electrons. The van der Waals surface area contributed by atoms with E-state index in [-0.39, 0.29) is 5.75 Å². The molecular formula is C20H16F4O4S. The smallest absolute Gasteiger partial charge is 0.482 e. The van der Waals surface area contributed by atoms with Crippen LogP contribution >= 0.6 is 0 Å². The summed E-state index contributed by atoms with van der Waals surface area (Å²) < 4.78 is 84.2. The molecular weight excluding hydrogens is 412 g/mol. The van der Waals surface area contributed by atoms with E-state index in [4.69, 9.17) is 4.74 Å². The third-order valence-corrected chi connectivity index (χ3v) is 6.04. The average molecular weight is 428 g/mol. The molecule has 0 N–H and O–H groups in total. The minimum atomic E-state index is -5.79. The highest BCUT2D eigenvalue weighted by atomic mass is 32.2. The standard InChI is InChI=1S/C20H16F4O4S/c21-14-5-3-13(4-6-14)17-12-19(9-1-2-10-19)27-18-11-15(7-8-16(17)18)28-29(25,26)20(22,23)24/h3-8,11-12H,1-2,9-10H2. The normalized spacial score (nSPS) is 18.1. The van der Waals surface area contributed by atoms with Crippen LogP contribution in [-0.2, 0) is 10.1 Å². The van der Waals surface area contributed by atoms with E-state index in [1.54, 1.807) is 12.1 Å². The maximum atomic E-state index is 13.3. The summed E-state index contributed by atoms with van der Waals surface area (Å²) in [4.78, 5) is 0. The van der Waals surface area contributed by atoms with Gasteiger partial charge in [-0.15, -0.1) is 0 Å². The minimum absolute atomic E-state index is 0.226. The topological polar surface area (TPSA) is 52.6 Å². The fourth-order valence-electron chi connectivity index (χ4n) is 3.71. The van der Waals surface area contributed by atoms with E-state index in [0.29, 0.717) is 18.4 Å². The third-order valence-electron chi connectivity index (χ3n) is 5.06. The van der Waals surface area contributed by atoms with Crippen molar-refractivity contribution < 1.29 is 34.9 Å². The van der Waals surface area contributed by atoms with Gasteiger partial charge in [-0.25, -0.2) is 4.39 Å². The van der Waals surface area contributed by atoms with Gasteiger partial charge in [0.2, 0.25) is 0 Å².